The summed E-state index contributed by atoms with van der Waals surface area (Å²) in [7, 11) is 0. The standard InChI is InChI=1S/C12H10INO/c13-10-5-7-11(8-6-10)14-12(15)9-3-1-2-4-9/h1-3,5-8H,4H2,(H,14,15). The van der Waals surface area contributed by atoms with Gasteiger partial charge in [0.05, 0.1) is 0 Å². The molecule has 1 aliphatic carbocycles. The van der Waals surface area contributed by atoms with Gasteiger partial charge in [-0.3, -0.25) is 4.79 Å². The van der Waals surface area contributed by atoms with E-state index in [1.807, 2.05) is 42.5 Å². The minimum atomic E-state index is -0.0128. The number of hydrogen-bond donors (Lipinski definition) is 1. The van der Waals surface area contributed by atoms with Crippen LogP contribution in [-0.4, -0.2) is 5.91 Å². The lowest BCUT2D eigenvalue weighted by Gasteiger charge is -2.05. The van der Waals surface area contributed by atoms with Crippen molar-refractivity contribution in [1.29, 1.82) is 0 Å². The Morgan fingerprint density at radius 1 is 1.27 bits per heavy atom. The van der Waals surface area contributed by atoms with E-state index < -0.39 is 0 Å². The largest absolute Gasteiger partial charge is 0.322 e. The highest BCUT2D eigenvalue weighted by atomic mass is 127. The van der Waals surface area contributed by atoms with Crippen LogP contribution in [0.2, 0.25) is 0 Å². The Hall–Kier alpha value is -1.10. The third-order valence-corrected chi connectivity index (χ3v) is 2.88. The van der Waals surface area contributed by atoms with Crippen molar-refractivity contribution in [3.63, 3.8) is 0 Å². The maximum absolute atomic E-state index is 11.7. The molecule has 0 unspecified atom stereocenters. The first kappa shape index (κ1) is 10.4. The number of halogens is 1. The molecule has 1 N–H and O–H groups in total. The zero-order valence-electron chi connectivity index (χ0n) is 8.03. The van der Waals surface area contributed by atoms with Gasteiger partial charge in [-0.05, 0) is 53.3 Å². The number of carbonyl (C=O) groups is 1. The van der Waals surface area contributed by atoms with Crippen LogP contribution in [0.3, 0.4) is 0 Å². The lowest BCUT2D eigenvalue weighted by molar-refractivity contribution is -0.112. The molecule has 1 aromatic rings. The summed E-state index contributed by atoms with van der Waals surface area (Å²) >= 11 is 2.23. The lowest BCUT2D eigenvalue weighted by Crippen LogP contribution is -2.13. The highest BCUT2D eigenvalue weighted by Crippen LogP contribution is 2.15. The highest BCUT2D eigenvalue weighted by Gasteiger charge is 2.09. The second kappa shape index (κ2) is 4.61. The van der Waals surface area contributed by atoms with E-state index in [2.05, 4.69) is 27.9 Å². The Kier molecular flexibility index (Phi) is 3.20. The second-order valence-electron chi connectivity index (χ2n) is 3.29. The lowest BCUT2D eigenvalue weighted by atomic mass is 10.2. The van der Waals surface area contributed by atoms with Crippen molar-refractivity contribution in [2.24, 2.45) is 0 Å². The number of nitrogens with one attached hydrogen (secondary N) is 1. The number of amides is 1. The first-order valence-corrected chi connectivity index (χ1v) is 5.76. The molecule has 1 amide bonds. The summed E-state index contributed by atoms with van der Waals surface area (Å²) in [4.78, 5) is 11.7. The zero-order chi connectivity index (χ0) is 10.7. The third kappa shape index (κ3) is 2.68. The van der Waals surface area contributed by atoms with Crippen molar-refractivity contribution in [3.05, 3.63) is 51.6 Å². The molecule has 0 aromatic heterocycles. The first-order valence-electron chi connectivity index (χ1n) is 4.68. The van der Waals surface area contributed by atoms with Crippen LogP contribution < -0.4 is 5.32 Å². The van der Waals surface area contributed by atoms with E-state index in [9.17, 15) is 4.79 Å². The average Bonchev–Trinajstić information content (AvgIpc) is 2.74. The highest BCUT2D eigenvalue weighted by molar-refractivity contribution is 14.1. The molecule has 0 bridgehead atoms. The van der Waals surface area contributed by atoms with Crippen molar-refractivity contribution in [1.82, 2.24) is 0 Å². The van der Waals surface area contributed by atoms with Crippen molar-refractivity contribution in [2.45, 2.75) is 6.42 Å². The predicted molar refractivity (Wildman–Crippen MR) is 69.6 cm³/mol. The smallest absolute Gasteiger partial charge is 0.251 e. The van der Waals surface area contributed by atoms with Crippen LogP contribution in [-0.2, 0) is 4.79 Å². The molecule has 0 atom stereocenters. The van der Waals surface area contributed by atoms with Crippen molar-refractivity contribution < 1.29 is 4.79 Å². The average molecular weight is 311 g/mol. The van der Waals surface area contributed by atoms with Gasteiger partial charge in [-0.2, -0.15) is 0 Å². The van der Waals surface area contributed by atoms with E-state index >= 15 is 0 Å². The van der Waals surface area contributed by atoms with Crippen LogP contribution in [0.1, 0.15) is 6.42 Å². The number of hydrogen-bond acceptors (Lipinski definition) is 1. The monoisotopic (exact) mass is 311 g/mol. The fourth-order valence-corrected chi connectivity index (χ4v) is 1.72. The van der Waals surface area contributed by atoms with Crippen LogP contribution in [0.25, 0.3) is 0 Å². The number of rotatable bonds is 2. The third-order valence-electron chi connectivity index (χ3n) is 2.16. The molecule has 0 saturated carbocycles. The molecule has 0 heterocycles. The van der Waals surface area contributed by atoms with E-state index in [1.165, 1.54) is 0 Å². The van der Waals surface area contributed by atoms with E-state index in [0.29, 0.717) is 0 Å². The zero-order valence-corrected chi connectivity index (χ0v) is 10.2. The molecule has 15 heavy (non-hydrogen) atoms. The summed E-state index contributed by atoms with van der Waals surface area (Å²) in [5.41, 5.74) is 1.65. The summed E-state index contributed by atoms with van der Waals surface area (Å²) in [6.07, 6.45) is 6.46. The molecule has 0 aliphatic heterocycles. The van der Waals surface area contributed by atoms with Crippen LogP contribution in [0.4, 0.5) is 5.69 Å². The van der Waals surface area contributed by atoms with Gasteiger partial charge in [-0.25, -0.2) is 0 Å². The molecular weight excluding hydrogens is 301 g/mol. The molecule has 0 spiro atoms. The fourth-order valence-electron chi connectivity index (χ4n) is 1.36. The molecule has 2 rings (SSSR count). The Morgan fingerprint density at radius 2 is 2.00 bits per heavy atom. The summed E-state index contributed by atoms with van der Waals surface area (Å²) in [5, 5.41) is 2.86. The van der Waals surface area contributed by atoms with Gasteiger partial charge in [0.15, 0.2) is 0 Å². The topological polar surface area (TPSA) is 29.1 Å². The van der Waals surface area contributed by atoms with Gasteiger partial charge in [0, 0.05) is 14.8 Å². The van der Waals surface area contributed by atoms with E-state index in [1.54, 1.807) is 0 Å². The molecule has 76 valence electrons. The predicted octanol–water partition coefficient (Wildman–Crippen LogP) is 3.12. The fraction of sp³-hybridized carbons (Fsp3) is 0.0833. The van der Waals surface area contributed by atoms with Crippen molar-refractivity contribution >= 4 is 34.2 Å². The Morgan fingerprint density at radius 3 is 2.60 bits per heavy atom. The number of allylic oxidation sites excluding steroid dienone is 3. The molecule has 2 nitrogen and oxygen atoms in total. The van der Waals surface area contributed by atoms with E-state index in [-0.39, 0.29) is 5.91 Å². The maximum atomic E-state index is 11.7. The van der Waals surface area contributed by atoms with Gasteiger partial charge in [0.25, 0.3) is 5.91 Å². The second-order valence-corrected chi connectivity index (χ2v) is 4.53. The molecule has 3 heteroatoms. The molecule has 0 fully saturated rings. The molecule has 1 aliphatic rings. The Labute approximate surface area is 102 Å². The Balaban J connectivity index is 2.03. The normalized spacial score (nSPS) is 13.8. The quantitative estimate of drug-likeness (QED) is 0.836. The van der Waals surface area contributed by atoms with Gasteiger partial charge in [-0.15, -0.1) is 0 Å². The summed E-state index contributed by atoms with van der Waals surface area (Å²) < 4.78 is 1.16. The van der Waals surface area contributed by atoms with Gasteiger partial charge in [-0.1, -0.05) is 18.2 Å². The van der Waals surface area contributed by atoms with Crippen molar-refractivity contribution in [3.8, 4) is 0 Å². The van der Waals surface area contributed by atoms with Gasteiger partial charge in [0.1, 0.15) is 0 Å². The molecule has 0 saturated heterocycles. The van der Waals surface area contributed by atoms with Gasteiger partial charge in [0.2, 0.25) is 0 Å². The van der Waals surface area contributed by atoms with Crippen molar-refractivity contribution in [2.75, 3.05) is 5.32 Å². The number of carbonyl (C=O) groups excluding carboxylic acids is 1. The number of benzene rings is 1. The SMILES string of the molecule is O=C(Nc1ccc(I)cc1)C1=CC=CC1. The molecule has 1 aromatic carbocycles. The molecule has 0 radical (unpaired) electrons. The number of anilines is 1. The Bertz CT molecular complexity index is 431. The van der Waals surface area contributed by atoms with Crippen LogP contribution in [0, 0.1) is 3.57 Å². The van der Waals surface area contributed by atoms with Crippen LogP contribution in [0.5, 0.6) is 0 Å². The first-order chi connectivity index (χ1) is 7.25. The van der Waals surface area contributed by atoms with E-state index in [4.69, 9.17) is 0 Å². The van der Waals surface area contributed by atoms with Gasteiger partial charge < -0.3 is 5.32 Å². The minimum absolute atomic E-state index is 0.0128. The summed E-state index contributed by atoms with van der Waals surface area (Å²) in [6, 6.07) is 7.75. The van der Waals surface area contributed by atoms with Crippen LogP contribution >= 0.6 is 22.6 Å². The summed E-state index contributed by atoms with van der Waals surface area (Å²) in [6.45, 7) is 0. The summed E-state index contributed by atoms with van der Waals surface area (Å²) in [5.74, 6) is -0.0128. The molecular formula is C12H10INO. The maximum Gasteiger partial charge on any atom is 0.251 e. The van der Waals surface area contributed by atoms with Crippen LogP contribution in [0.15, 0.2) is 48.1 Å². The van der Waals surface area contributed by atoms with Gasteiger partial charge >= 0.3 is 0 Å². The minimum Gasteiger partial charge on any atom is -0.322 e. The van der Waals surface area contributed by atoms with E-state index in [0.717, 1.165) is 21.3 Å².